The summed E-state index contributed by atoms with van der Waals surface area (Å²) in [6.07, 6.45) is 3.95. The lowest BCUT2D eigenvalue weighted by Crippen LogP contribution is -2.49. The van der Waals surface area contributed by atoms with E-state index < -0.39 is 10.0 Å². The second-order valence-electron chi connectivity index (χ2n) is 9.44. The van der Waals surface area contributed by atoms with Crippen LogP contribution in [0, 0.1) is 5.92 Å². The summed E-state index contributed by atoms with van der Waals surface area (Å²) in [4.78, 5) is 17.0. The standard InChI is InChI=1S/C25H32N4O3S/c1-27-15-16-29(23(18-27)19-7-3-2-4-8-19)33(31,32)24-12-11-21(26-25(30)20-9-10-20)17-22(24)28-13-5-6-14-28/h2-4,7-8,11-12,17,20,23H,5-6,9-10,13-16,18H2,1H3,(H,26,30). The Hall–Kier alpha value is -2.42. The predicted octanol–water partition coefficient (Wildman–Crippen LogP) is 3.31. The van der Waals surface area contributed by atoms with Gasteiger partial charge in [-0.05, 0) is 56.5 Å². The van der Waals surface area contributed by atoms with Gasteiger partial charge in [-0.25, -0.2) is 8.42 Å². The minimum Gasteiger partial charge on any atom is -0.370 e. The molecule has 1 N–H and O–H groups in total. The van der Waals surface area contributed by atoms with Gasteiger partial charge >= 0.3 is 0 Å². The third kappa shape index (κ3) is 4.65. The van der Waals surface area contributed by atoms with E-state index in [4.69, 9.17) is 0 Å². The van der Waals surface area contributed by atoms with E-state index >= 15 is 0 Å². The molecule has 1 unspecified atom stereocenters. The third-order valence-corrected chi connectivity index (χ3v) is 8.88. The summed E-state index contributed by atoms with van der Waals surface area (Å²) in [5.41, 5.74) is 2.38. The Bertz CT molecular complexity index is 1110. The smallest absolute Gasteiger partial charge is 0.245 e. The average Bonchev–Trinajstić information content (AvgIpc) is 3.53. The number of benzene rings is 2. The zero-order chi connectivity index (χ0) is 23.0. The van der Waals surface area contributed by atoms with Crippen molar-refractivity contribution in [2.75, 3.05) is 50.0 Å². The number of likely N-dealkylation sites (N-methyl/N-ethyl adjacent to an activating group) is 1. The van der Waals surface area contributed by atoms with Gasteiger partial charge in [0.25, 0.3) is 0 Å². The van der Waals surface area contributed by atoms with Crippen molar-refractivity contribution in [3.8, 4) is 0 Å². The third-order valence-electron chi connectivity index (χ3n) is 6.93. The highest BCUT2D eigenvalue weighted by Gasteiger charge is 2.38. The van der Waals surface area contributed by atoms with Crippen LogP contribution in [-0.2, 0) is 14.8 Å². The van der Waals surface area contributed by atoms with Gasteiger partial charge in [0.15, 0.2) is 0 Å². The molecule has 1 saturated carbocycles. The number of sulfonamides is 1. The van der Waals surface area contributed by atoms with E-state index in [1.54, 1.807) is 16.4 Å². The molecule has 2 aliphatic heterocycles. The molecular weight excluding hydrogens is 436 g/mol. The Balaban J connectivity index is 1.52. The zero-order valence-electron chi connectivity index (χ0n) is 19.1. The molecule has 8 heteroatoms. The van der Waals surface area contributed by atoms with Crippen LogP contribution in [0.1, 0.15) is 37.3 Å². The SMILES string of the molecule is CN1CCN(S(=O)(=O)c2ccc(NC(=O)C3CC3)cc2N2CCCC2)C(c2ccccc2)C1. The second kappa shape index (κ2) is 9.08. The van der Waals surface area contributed by atoms with E-state index in [1.807, 2.05) is 43.4 Å². The van der Waals surface area contributed by atoms with Crippen LogP contribution in [0.4, 0.5) is 11.4 Å². The van der Waals surface area contributed by atoms with Crippen molar-refractivity contribution in [1.82, 2.24) is 9.21 Å². The number of nitrogens with one attached hydrogen (secondary N) is 1. The van der Waals surface area contributed by atoms with Crippen LogP contribution >= 0.6 is 0 Å². The topological polar surface area (TPSA) is 73.0 Å². The summed E-state index contributed by atoms with van der Waals surface area (Å²) >= 11 is 0. The van der Waals surface area contributed by atoms with Crippen LogP contribution in [0.25, 0.3) is 0 Å². The van der Waals surface area contributed by atoms with Gasteiger partial charge in [0.05, 0.1) is 11.7 Å². The number of carbonyl (C=O) groups is 1. The predicted molar refractivity (Wildman–Crippen MR) is 130 cm³/mol. The number of piperazine rings is 1. The number of hydrogen-bond acceptors (Lipinski definition) is 5. The fraction of sp³-hybridized carbons (Fsp3) is 0.480. The molecule has 7 nitrogen and oxygen atoms in total. The van der Waals surface area contributed by atoms with Crippen LogP contribution in [-0.4, -0.2) is 63.3 Å². The summed E-state index contributed by atoms with van der Waals surface area (Å²) in [7, 11) is -1.71. The van der Waals surface area contributed by atoms with Crippen molar-refractivity contribution in [2.45, 2.75) is 36.6 Å². The molecule has 1 amide bonds. The van der Waals surface area contributed by atoms with E-state index in [0.717, 1.165) is 44.3 Å². The summed E-state index contributed by atoms with van der Waals surface area (Å²) in [5, 5.41) is 2.99. The molecule has 2 heterocycles. The Kier molecular flexibility index (Phi) is 6.16. The molecule has 2 aromatic rings. The fourth-order valence-electron chi connectivity index (χ4n) is 4.87. The highest BCUT2D eigenvalue weighted by atomic mass is 32.2. The zero-order valence-corrected chi connectivity index (χ0v) is 19.9. The van der Waals surface area contributed by atoms with Crippen molar-refractivity contribution in [1.29, 1.82) is 0 Å². The average molecular weight is 469 g/mol. The molecule has 0 radical (unpaired) electrons. The maximum absolute atomic E-state index is 14.1. The van der Waals surface area contributed by atoms with E-state index in [1.165, 1.54) is 0 Å². The molecule has 0 aromatic heterocycles. The number of anilines is 2. The van der Waals surface area contributed by atoms with Gasteiger partial charge < -0.3 is 15.1 Å². The van der Waals surface area contributed by atoms with E-state index in [2.05, 4.69) is 15.1 Å². The summed E-state index contributed by atoms with van der Waals surface area (Å²) < 4.78 is 29.9. The molecule has 2 saturated heterocycles. The highest BCUT2D eigenvalue weighted by molar-refractivity contribution is 7.89. The first-order valence-corrected chi connectivity index (χ1v) is 13.3. The minimum absolute atomic E-state index is 0.0289. The quantitative estimate of drug-likeness (QED) is 0.704. The molecule has 2 aromatic carbocycles. The molecule has 3 fully saturated rings. The van der Waals surface area contributed by atoms with Crippen molar-refractivity contribution in [3.63, 3.8) is 0 Å². The lowest BCUT2D eigenvalue weighted by molar-refractivity contribution is -0.117. The molecule has 0 spiro atoms. The Morgan fingerprint density at radius 2 is 1.70 bits per heavy atom. The minimum atomic E-state index is -3.75. The van der Waals surface area contributed by atoms with E-state index in [-0.39, 0.29) is 17.9 Å². The van der Waals surface area contributed by atoms with Gasteiger partial charge in [0, 0.05) is 44.3 Å². The molecule has 3 aliphatic rings. The van der Waals surface area contributed by atoms with Gasteiger partial charge in [-0.3, -0.25) is 4.79 Å². The molecule has 0 bridgehead atoms. The summed E-state index contributed by atoms with van der Waals surface area (Å²) in [6, 6.07) is 14.9. The number of rotatable bonds is 6. The van der Waals surface area contributed by atoms with Gasteiger partial charge in [-0.2, -0.15) is 4.31 Å². The van der Waals surface area contributed by atoms with Crippen LogP contribution < -0.4 is 10.2 Å². The van der Waals surface area contributed by atoms with Crippen molar-refractivity contribution < 1.29 is 13.2 Å². The van der Waals surface area contributed by atoms with Gasteiger partial charge in [-0.15, -0.1) is 0 Å². The first-order valence-electron chi connectivity index (χ1n) is 11.9. The maximum atomic E-state index is 14.1. The highest BCUT2D eigenvalue weighted by Crippen LogP contribution is 2.38. The van der Waals surface area contributed by atoms with Crippen molar-refractivity contribution >= 4 is 27.3 Å². The summed E-state index contributed by atoms with van der Waals surface area (Å²) in [6.45, 7) is 3.44. The van der Waals surface area contributed by atoms with Crippen LogP contribution in [0.3, 0.4) is 0 Å². The van der Waals surface area contributed by atoms with Crippen molar-refractivity contribution in [2.24, 2.45) is 5.92 Å². The Labute approximate surface area is 196 Å². The lowest BCUT2D eigenvalue weighted by atomic mass is 10.1. The second-order valence-corrected chi connectivity index (χ2v) is 11.3. The fourth-order valence-corrected chi connectivity index (χ4v) is 6.66. The molecule has 1 aliphatic carbocycles. The number of amides is 1. The molecule has 176 valence electrons. The van der Waals surface area contributed by atoms with E-state index in [0.29, 0.717) is 35.9 Å². The molecule has 5 rings (SSSR count). The molecule has 1 atom stereocenters. The molecular formula is C25H32N4O3S. The largest absolute Gasteiger partial charge is 0.370 e. The molecule has 33 heavy (non-hydrogen) atoms. The maximum Gasteiger partial charge on any atom is 0.245 e. The Morgan fingerprint density at radius 1 is 0.970 bits per heavy atom. The van der Waals surface area contributed by atoms with Gasteiger partial charge in [-0.1, -0.05) is 30.3 Å². The Morgan fingerprint density at radius 3 is 2.39 bits per heavy atom. The first-order chi connectivity index (χ1) is 15.9. The lowest BCUT2D eigenvalue weighted by Gasteiger charge is -2.40. The van der Waals surface area contributed by atoms with E-state index in [9.17, 15) is 13.2 Å². The number of carbonyl (C=O) groups excluding carboxylic acids is 1. The monoisotopic (exact) mass is 468 g/mol. The van der Waals surface area contributed by atoms with Crippen LogP contribution in [0.5, 0.6) is 0 Å². The van der Waals surface area contributed by atoms with Crippen molar-refractivity contribution in [3.05, 3.63) is 54.1 Å². The first kappa shape index (κ1) is 22.4. The van der Waals surface area contributed by atoms with Gasteiger partial charge in [0.1, 0.15) is 4.90 Å². The number of hydrogen-bond donors (Lipinski definition) is 1. The number of nitrogens with zero attached hydrogens (tertiary/aromatic N) is 3. The summed E-state index contributed by atoms with van der Waals surface area (Å²) in [5.74, 6) is 0.127. The van der Waals surface area contributed by atoms with Crippen LogP contribution in [0.2, 0.25) is 0 Å². The van der Waals surface area contributed by atoms with Crippen LogP contribution in [0.15, 0.2) is 53.4 Å². The normalized spacial score (nSPS) is 22.5. The van der Waals surface area contributed by atoms with Gasteiger partial charge in [0.2, 0.25) is 15.9 Å².